The van der Waals surface area contributed by atoms with E-state index in [9.17, 15) is 4.79 Å². The first-order valence-corrected chi connectivity index (χ1v) is 12.4. The summed E-state index contributed by atoms with van der Waals surface area (Å²) in [6, 6.07) is 16.4. The lowest BCUT2D eigenvalue weighted by Gasteiger charge is -2.18. The summed E-state index contributed by atoms with van der Waals surface area (Å²) >= 11 is 2.98. The minimum Gasteiger partial charge on any atom is -0.274 e. The fourth-order valence-electron chi connectivity index (χ4n) is 3.25. The summed E-state index contributed by atoms with van der Waals surface area (Å²) in [5.74, 6) is 1.33. The third-order valence-electron chi connectivity index (χ3n) is 5.10. The van der Waals surface area contributed by atoms with Crippen LogP contribution in [0, 0.1) is 0 Å². The van der Waals surface area contributed by atoms with Crippen LogP contribution in [-0.4, -0.2) is 26.1 Å². The van der Waals surface area contributed by atoms with Gasteiger partial charge in [-0.05, 0) is 36.1 Å². The van der Waals surface area contributed by atoms with E-state index in [1.165, 1.54) is 34.2 Å². The zero-order chi connectivity index (χ0) is 22.5. The SMILES string of the molecule is CCc1ccc(-c2nc(SCc3csc(N(C(C)=O)c4ccc(CC)cc4)n3)n[nH]2)cc1. The van der Waals surface area contributed by atoms with Crippen molar-refractivity contribution in [3.63, 3.8) is 0 Å². The number of carbonyl (C=O) groups excluding carboxylic acids is 1. The monoisotopic (exact) mass is 463 g/mol. The van der Waals surface area contributed by atoms with Gasteiger partial charge in [0.2, 0.25) is 11.1 Å². The molecule has 0 aliphatic heterocycles. The molecule has 2 aromatic carbocycles. The van der Waals surface area contributed by atoms with Crippen LogP contribution < -0.4 is 4.90 Å². The Kier molecular flexibility index (Phi) is 7.02. The van der Waals surface area contributed by atoms with Crippen LogP contribution in [-0.2, 0) is 23.4 Å². The molecule has 32 heavy (non-hydrogen) atoms. The number of nitrogens with zero attached hydrogens (tertiary/aromatic N) is 4. The number of benzene rings is 2. The number of aromatic amines is 1. The van der Waals surface area contributed by atoms with Gasteiger partial charge in [0, 0.05) is 23.6 Å². The van der Waals surface area contributed by atoms with Gasteiger partial charge in [0.15, 0.2) is 11.0 Å². The van der Waals surface area contributed by atoms with Gasteiger partial charge >= 0.3 is 0 Å². The number of aromatic nitrogens is 4. The molecule has 2 aromatic heterocycles. The highest BCUT2D eigenvalue weighted by Crippen LogP contribution is 2.31. The van der Waals surface area contributed by atoms with E-state index in [4.69, 9.17) is 0 Å². The third kappa shape index (κ3) is 5.08. The number of nitrogens with one attached hydrogen (secondary N) is 1. The maximum absolute atomic E-state index is 12.3. The lowest BCUT2D eigenvalue weighted by atomic mass is 10.1. The van der Waals surface area contributed by atoms with Gasteiger partial charge in [0.05, 0.1) is 11.4 Å². The van der Waals surface area contributed by atoms with E-state index in [0.717, 1.165) is 35.6 Å². The van der Waals surface area contributed by atoms with Gasteiger partial charge < -0.3 is 0 Å². The van der Waals surface area contributed by atoms with Crippen molar-refractivity contribution >= 4 is 39.8 Å². The van der Waals surface area contributed by atoms with Crippen LogP contribution in [0.2, 0.25) is 0 Å². The summed E-state index contributed by atoms with van der Waals surface area (Å²) in [7, 11) is 0. The van der Waals surface area contributed by atoms with Crippen molar-refractivity contribution in [1.82, 2.24) is 20.2 Å². The van der Waals surface area contributed by atoms with E-state index in [-0.39, 0.29) is 5.91 Å². The summed E-state index contributed by atoms with van der Waals surface area (Å²) in [5.41, 5.74) is 5.27. The number of carbonyl (C=O) groups is 1. The average molecular weight is 464 g/mol. The predicted octanol–water partition coefficient (Wildman–Crippen LogP) is 6.03. The van der Waals surface area contributed by atoms with E-state index < -0.39 is 0 Å². The van der Waals surface area contributed by atoms with Crippen molar-refractivity contribution < 1.29 is 4.79 Å². The lowest BCUT2D eigenvalue weighted by Crippen LogP contribution is -2.22. The zero-order valence-corrected chi connectivity index (χ0v) is 20.0. The van der Waals surface area contributed by atoms with E-state index >= 15 is 0 Å². The normalized spacial score (nSPS) is 11.0. The fourth-order valence-corrected chi connectivity index (χ4v) is 4.93. The summed E-state index contributed by atoms with van der Waals surface area (Å²) in [6.45, 7) is 5.81. The van der Waals surface area contributed by atoms with Gasteiger partial charge in [0.25, 0.3) is 0 Å². The van der Waals surface area contributed by atoms with Gasteiger partial charge in [-0.1, -0.05) is 62.0 Å². The molecule has 0 atom stereocenters. The smallest absolute Gasteiger partial charge is 0.230 e. The number of hydrogen-bond donors (Lipinski definition) is 1. The number of anilines is 2. The zero-order valence-electron chi connectivity index (χ0n) is 18.3. The maximum Gasteiger partial charge on any atom is 0.230 e. The number of thioether (sulfide) groups is 1. The number of hydrogen-bond acceptors (Lipinski definition) is 6. The Hall–Kier alpha value is -2.97. The highest BCUT2D eigenvalue weighted by molar-refractivity contribution is 7.98. The number of amides is 1. The fraction of sp³-hybridized carbons (Fsp3) is 0.250. The van der Waals surface area contributed by atoms with E-state index in [0.29, 0.717) is 16.0 Å². The predicted molar refractivity (Wildman–Crippen MR) is 132 cm³/mol. The van der Waals surface area contributed by atoms with E-state index in [2.05, 4.69) is 58.3 Å². The topological polar surface area (TPSA) is 74.8 Å². The van der Waals surface area contributed by atoms with E-state index in [1.807, 2.05) is 29.6 Å². The van der Waals surface area contributed by atoms with Gasteiger partial charge in [-0.15, -0.1) is 16.4 Å². The molecule has 0 bridgehead atoms. The molecule has 6 nitrogen and oxygen atoms in total. The Morgan fingerprint density at radius 3 is 2.28 bits per heavy atom. The first-order valence-electron chi connectivity index (χ1n) is 10.6. The minimum absolute atomic E-state index is 0.0597. The molecule has 0 aliphatic rings. The maximum atomic E-state index is 12.3. The molecule has 0 radical (unpaired) electrons. The second kappa shape index (κ2) is 10.1. The van der Waals surface area contributed by atoms with Crippen LogP contribution in [0.4, 0.5) is 10.8 Å². The Balaban J connectivity index is 1.43. The molecule has 1 amide bonds. The van der Waals surface area contributed by atoms with Crippen LogP contribution in [0.5, 0.6) is 0 Å². The van der Waals surface area contributed by atoms with Crippen molar-refractivity contribution in [1.29, 1.82) is 0 Å². The summed E-state index contributed by atoms with van der Waals surface area (Å²) in [6.07, 6.45) is 1.98. The number of thiazole rings is 1. The van der Waals surface area contributed by atoms with Gasteiger partial charge in [-0.3, -0.25) is 14.8 Å². The molecule has 0 saturated heterocycles. The van der Waals surface area contributed by atoms with Gasteiger partial charge in [0.1, 0.15) is 0 Å². The molecular weight excluding hydrogens is 438 g/mol. The third-order valence-corrected chi connectivity index (χ3v) is 6.85. The molecule has 0 spiro atoms. The molecule has 4 rings (SSSR count). The molecular formula is C24H25N5OS2. The number of H-pyrrole nitrogens is 1. The molecule has 4 aromatic rings. The Labute approximate surface area is 196 Å². The minimum atomic E-state index is -0.0597. The van der Waals surface area contributed by atoms with Crippen molar-refractivity contribution in [3.8, 4) is 11.4 Å². The standard InChI is InChI=1S/C24H25N5OS2/c1-4-17-6-10-19(11-7-17)22-26-23(28-27-22)31-14-20-15-32-24(25-20)29(16(3)30)21-12-8-18(5-2)9-13-21/h6-13,15H,4-5,14H2,1-3H3,(H,26,27,28). The second-order valence-electron chi connectivity index (χ2n) is 7.30. The lowest BCUT2D eigenvalue weighted by molar-refractivity contribution is -0.115. The van der Waals surface area contributed by atoms with Crippen molar-refractivity contribution in [3.05, 3.63) is 70.7 Å². The molecule has 2 heterocycles. The molecule has 1 N–H and O–H groups in total. The molecule has 0 fully saturated rings. The molecule has 8 heteroatoms. The van der Waals surface area contributed by atoms with Crippen molar-refractivity contribution in [2.24, 2.45) is 0 Å². The highest BCUT2D eigenvalue weighted by Gasteiger charge is 2.18. The quantitative estimate of drug-likeness (QED) is 0.323. The van der Waals surface area contributed by atoms with Crippen molar-refractivity contribution in [2.45, 2.75) is 44.5 Å². The van der Waals surface area contributed by atoms with Crippen LogP contribution in [0.1, 0.15) is 37.6 Å². The summed E-state index contributed by atoms with van der Waals surface area (Å²) in [4.78, 5) is 23.3. The average Bonchev–Trinajstić information content (AvgIpc) is 3.48. The summed E-state index contributed by atoms with van der Waals surface area (Å²) < 4.78 is 0. The Bertz CT molecular complexity index is 1180. The van der Waals surface area contributed by atoms with Crippen LogP contribution in [0.25, 0.3) is 11.4 Å². The first kappa shape index (κ1) is 22.2. The molecule has 0 unspecified atom stereocenters. The first-order chi connectivity index (χ1) is 15.6. The number of aryl methyl sites for hydroxylation is 2. The molecule has 164 valence electrons. The largest absolute Gasteiger partial charge is 0.274 e. The van der Waals surface area contributed by atoms with E-state index in [1.54, 1.807) is 11.8 Å². The van der Waals surface area contributed by atoms with Gasteiger partial charge in [-0.25, -0.2) is 9.97 Å². The Morgan fingerprint density at radius 2 is 1.66 bits per heavy atom. The van der Waals surface area contributed by atoms with Gasteiger partial charge in [-0.2, -0.15) is 0 Å². The Morgan fingerprint density at radius 1 is 1.00 bits per heavy atom. The number of rotatable bonds is 8. The van der Waals surface area contributed by atoms with Crippen LogP contribution >= 0.6 is 23.1 Å². The second-order valence-corrected chi connectivity index (χ2v) is 9.08. The molecule has 0 saturated carbocycles. The van der Waals surface area contributed by atoms with Crippen LogP contribution in [0.15, 0.2) is 59.1 Å². The van der Waals surface area contributed by atoms with Crippen LogP contribution in [0.3, 0.4) is 0 Å². The van der Waals surface area contributed by atoms with Crippen molar-refractivity contribution in [2.75, 3.05) is 4.90 Å². The highest BCUT2D eigenvalue weighted by atomic mass is 32.2. The molecule has 0 aliphatic carbocycles. The summed E-state index contributed by atoms with van der Waals surface area (Å²) in [5, 5.41) is 10.7.